The second-order valence-corrected chi connectivity index (χ2v) is 6.18. The van der Waals surface area contributed by atoms with Crippen molar-refractivity contribution in [3.8, 4) is 0 Å². The first kappa shape index (κ1) is 16.2. The van der Waals surface area contributed by atoms with E-state index in [0.29, 0.717) is 27.6 Å². The van der Waals surface area contributed by atoms with Crippen molar-refractivity contribution in [2.24, 2.45) is 0 Å². The number of methoxy groups -OCH3 is 1. The number of aromatic nitrogens is 3. The molecule has 2 rings (SSSR count). The van der Waals surface area contributed by atoms with Crippen LogP contribution in [0.1, 0.15) is 56.9 Å². The lowest BCUT2D eigenvalue weighted by molar-refractivity contribution is 0.0599. The minimum atomic E-state index is -0.469. The van der Waals surface area contributed by atoms with Gasteiger partial charge in [0.25, 0.3) is 5.91 Å². The van der Waals surface area contributed by atoms with Crippen molar-refractivity contribution < 1.29 is 14.3 Å². The van der Waals surface area contributed by atoms with Gasteiger partial charge in [0.05, 0.1) is 12.7 Å². The maximum atomic E-state index is 12.3. The van der Waals surface area contributed by atoms with E-state index in [2.05, 4.69) is 20.5 Å². The van der Waals surface area contributed by atoms with E-state index in [1.807, 2.05) is 13.8 Å². The van der Waals surface area contributed by atoms with E-state index >= 15 is 0 Å². The number of aryl methyl sites for hydroxylation is 1. The topological polar surface area (TPSA) is 97.0 Å². The van der Waals surface area contributed by atoms with Crippen LogP contribution < -0.4 is 5.32 Å². The van der Waals surface area contributed by atoms with Crippen LogP contribution in [0.25, 0.3) is 0 Å². The summed E-state index contributed by atoms with van der Waals surface area (Å²) < 4.78 is 4.73. The molecule has 2 heterocycles. The number of H-pyrrole nitrogens is 1. The lowest BCUT2D eigenvalue weighted by Crippen LogP contribution is -2.14. The maximum absolute atomic E-state index is 12.3. The Bertz CT molecular complexity index is 718. The molecule has 0 spiro atoms. The van der Waals surface area contributed by atoms with Gasteiger partial charge in [0.1, 0.15) is 10.7 Å². The predicted molar refractivity (Wildman–Crippen MR) is 83.6 cm³/mol. The van der Waals surface area contributed by atoms with Crippen molar-refractivity contribution in [2.45, 2.75) is 33.6 Å². The average molecular weight is 322 g/mol. The normalized spacial score (nSPS) is 10.8. The van der Waals surface area contributed by atoms with Gasteiger partial charge in [0, 0.05) is 11.6 Å². The molecule has 0 atom stereocenters. The molecule has 0 saturated heterocycles. The Balaban J connectivity index is 2.24. The third-order valence-corrected chi connectivity index (χ3v) is 4.35. The van der Waals surface area contributed by atoms with Gasteiger partial charge in [-0.2, -0.15) is 0 Å². The molecule has 0 aliphatic carbocycles. The van der Waals surface area contributed by atoms with Gasteiger partial charge in [-0.25, -0.2) is 4.79 Å². The summed E-state index contributed by atoms with van der Waals surface area (Å²) in [4.78, 5) is 27.0. The highest BCUT2D eigenvalue weighted by Crippen LogP contribution is 2.24. The predicted octanol–water partition coefficient (Wildman–Crippen LogP) is 2.65. The molecule has 0 saturated carbocycles. The number of anilines is 1. The number of rotatable bonds is 4. The Hall–Kier alpha value is -2.22. The number of hydrogen-bond donors (Lipinski definition) is 2. The van der Waals surface area contributed by atoms with Crippen molar-refractivity contribution >= 4 is 28.3 Å². The van der Waals surface area contributed by atoms with Gasteiger partial charge < -0.3 is 9.72 Å². The second-order valence-electron chi connectivity index (χ2n) is 5.17. The smallest absolute Gasteiger partial charge is 0.339 e. The van der Waals surface area contributed by atoms with Gasteiger partial charge in [-0.1, -0.05) is 25.2 Å². The Morgan fingerprint density at radius 3 is 2.50 bits per heavy atom. The third kappa shape index (κ3) is 3.01. The monoisotopic (exact) mass is 322 g/mol. The largest absolute Gasteiger partial charge is 0.465 e. The van der Waals surface area contributed by atoms with Gasteiger partial charge in [0.15, 0.2) is 0 Å². The first-order valence-electron chi connectivity index (χ1n) is 6.77. The van der Waals surface area contributed by atoms with E-state index in [-0.39, 0.29) is 11.8 Å². The minimum Gasteiger partial charge on any atom is -0.465 e. The van der Waals surface area contributed by atoms with Crippen LogP contribution in [0.4, 0.5) is 5.13 Å². The molecule has 0 aliphatic rings. The summed E-state index contributed by atoms with van der Waals surface area (Å²) >= 11 is 1.33. The highest BCUT2D eigenvalue weighted by atomic mass is 32.1. The summed E-state index contributed by atoms with van der Waals surface area (Å²) in [5.74, 6) is -0.575. The Morgan fingerprint density at radius 2 is 1.95 bits per heavy atom. The van der Waals surface area contributed by atoms with Crippen molar-refractivity contribution in [1.29, 1.82) is 0 Å². The summed E-state index contributed by atoms with van der Waals surface area (Å²) in [6.07, 6.45) is 0. The van der Waals surface area contributed by atoms with Crippen LogP contribution in [0.3, 0.4) is 0 Å². The number of carbonyl (C=O) groups is 2. The van der Waals surface area contributed by atoms with Gasteiger partial charge in [0.2, 0.25) is 5.13 Å². The zero-order chi connectivity index (χ0) is 16.4. The number of nitrogens with zero attached hydrogens (tertiary/aromatic N) is 2. The number of hydrogen-bond acceptors (Lipinski definition) is 6. The van der Waals surface area contributed by atoms with Crippen LogP contribution in [0, 0.1) is 13.8 Å². The molecule has 0 aromatic carbocycles. The van der Waals surface area contributed by atoms with Gasteiger partial charge in [-0.3, -0.25) is 10.1 Å². The van der Waals surface area contributed by atoms with Gasteiger partial charge >= 0.3 is 5.97 Å². The maximum Gasteiger partial charge on any atom is 0.339 e. The Labute approximate surface area is 132 Å². The quantitative estimate of drug-likeness (QED) is 0.843. The van der Waals surface area contributed by atoms with E-state index in [0.717, 1.165) is 5.01 Å². The van der Waals surface area contributed by atoms with Crippen molar-refractivity contribution in [2.75, 3.05) is 12.4 Å². The standard InChI is InChI=1S/C14H18N4O3S/c1-6(2)12-17-18-14(22-12)16-11(19)10-7(3)9(8(4)15-10)13(20)21-5/h6,15H,1-5H3,(H,16,18,19). The summed E-state index contributed by atoms with van der Waals surface area (Å²) in [5, 5.41) is 11.9. The fraction of sp³-hybridized carbons (Fsp3) is 0.429. The molecule has 22 heavy (non-hydrogen) atoms. The molecular formula is C14H18N4O3S. The summed E-state index contributed by atoms with van der Waals surface area (Å²) in [7, 11) is 1.31. The minimum absolute atomic E-state index is 0.253. The number of aromatic amines is 1. The van der Waals surface area contributed by atoms with E-state index in [1.165, 1.54) is 18.4 Å². The highest BCUT2D eigenvalue weighted by Gasteiger charge is 2.23. The molecule has 0 bridgehead atoms. The summed E-state index contributed by atoms with van der Waals surface area (Å²) in [6, 6.07) is 0. The number of nitrogens with one attached hydrogen (secondary N) is 2. The summed E-state index contributed by atoms with van der Waals surface area (Å²) in [6.45, 7) is 7.43. The van der Waals surface area contributed by atoms with Crippen LogP contribution in [0.15, 0.2) is 0 Å². The molecule has 1 amide bonds. The van der Waals surface area contributed by atoms with Crippen LogP contribution in [-0.2, 0) is 4.74 Å². The van der Waals surface area contributed by atoms with Crippen LogP contribution in [0.2, 0.25) is 0 Å². The molecule has 0 fully saturated rings. The van der Waals surface area contributed by atoms with Crippen LogP contribution >= 0.6 is 11.3 Å². The molecular weight excluding hydrogens is 304 g/mol. The van der Waals surface area contributed by atoms with Crippen molar-refractivity contribution in [3.63, 3.8) is 0 Å². The molecule has 0 radical (unpaired) electrons. The first-order valence-corrected chi connectivity index (χ1v) is 7.59. The zero-order valence-corrected chi connectivity index (χ0v) is 13.9. The molecule has 2 N–H and O–H groups in total. The molecule has 7 nitrogen and oxygen atoms in total. The van der Waals surface area contributed by atoms with E-state index in [4.69, 9.17) is 4.74 Å². The van der Waals surface area contributed by atoms with Crippen molar-refractivity contribution in [1.82, 2.24) is 15.2 Å². The lowest BCUT2D eigenvalue weighted by Gasteiger charge is -2.01. The fourth-order valence-corrected chi connectivity index (χ4v) is 2.80. The SMILES string of the molecule is COC(=O)c1c(C)[nH]c(C(=O)Nc2nnc(C(C)C)s2)c1C. The number of esters is 1. The van der Waals surface area contributed by atoms with Crippen molar-refractivity contribution in [3.05, 3.63) is 27.5 Å². The van der Waals surface area contributed by atoms with Gasteiger partial charge in [-0.05, 0) is 19.4 Å². The Kier molecular flexibility index (Phi) is 4.60. The van der Waals surface area contributed by atoms with E-state index < -0.39 is 5.97 Å². The number of amides is 1. The zero-order valence-electron chi connectivity index (χ0n) is 13.1. The van der Waals surface area contributed by atoms with Crippen LogP contribution in [-0.4, -0.2) is 34.2 Å². The highest BCUT2D eigenvalue weighted by molar-refractivity contribution is 7.15. The molecule has 0 aliphatic heterocycles. The first-order chi connectivity index (χ1) is 10.3. The average Bonchev–Trinajstić information content (AvgIpc) is 3.03. The fourth-order valence-electron chi connectivity index (χ4n) is 2.06. The molecule has 118 valence electrons. The lowest BCUT2D eigenvalue weighted by atomic mass is 10.1. The Morgan fingerprint density at radius 1 is 1.27 bits per heavy atom. The van der Waals surface area contributed by atoms with Gasteiger partial charge in [-0.15, -0.1) is 10.2 Å². The summed E-state index contributed by atoms with van der Waals surface area (Å²) in [5.41, 5.74) is 1.84. The van der Waals surface area contributed by atoms with E-state index in [1.54, 1.807) is 13.8 Å². The number of ether oxygens (including phenoxy) is 1. The number of carbonyl (C=O) groups excluding carboxylic acids is 2. The second kappa shape index (κ2) is 6.27. The van der Waals surface area contributed by atoms with Crippen LogP contribution in [0.5, 0.6) is 0 Å². The van der Waals surface area contributed by atoms with E-state index in [9.17, 15) is 9.59 Å². The molecule has 2 aromatic rings. The molecule has 8 heteroatoms. The molecule has 2 aromatic heterocycles. The molecule has 0 unspecified atom stereocenters. The third-order valence-electron chi connectivity index (χ3n) is 3.21.